The van der Waals surface area contributed by atoms with Gasteiger partial charge in [0.2, 0.25) is 0 Å². The van der Waals surface area contributed by atoms with Crippen LogP contribution in [0.2, 0.25) is 0 Å². The lowest BCUT2D eigenvalue weighted by molar-refractivity contribution is 0.165. The lowest BCUT2D eigenvalue weighted by Crippen LogP contribution is -2.24. The topological polar surface area (TPSA) is 0 Å². The van der Waals surface area contributed by atoms with Gasteiger partial charge in [-0.05, 0) is 129 Å². The fourth-order valence-electron chi connectivity index (χ4n) is 8.32. The van der Waals surface area contributed by atoms with Crippen molar-refractivity contribution in [2.24, 2.45) is 35.5 Å². The molecule has 0 heterocycles. The Kier molecular flexibility index (Phi) is 8.17. The summed E-state index contributed by atoms with van der Waals surface area (Å²) in [5.41, 5.74) is 3.43. The minimum Gasteiger partial charge on any atom is -0.206 e. The molecule has 1 heteroatoms. The summed E-state index contributed by atoms with van der Waals surface area (Å²) in [6, 6.07) is 6.30. The van der Waals surface area contributed by atoms with Gasteiger partial charge >= 0.3 is 0 Å². The Morgan fingerprint density at radius 3 is 1.94 bits per heavy atom. The zero-order valence-electron chi connectivity index (χ0n) is 22.0. The molecule has 0 nitrogen and oxygen atoms in total. The molecule has 4 aliphatic rings. The number of benzene rings is 1. The predicted octanol–water partition coefficient (Wildman–Crippen LogP) is 10.3. The van der Waals surface area contributed by atoms with Crippen molar-refractivity contribution in [3.05, 3.63) is 41.2 Å². The summed E-state index contributed by atoms with van der Waals surface area (Å²) in [6.45, 7) is 4.77. The molecule has 0 aliphatic heterocycles. The fourth-order valence-corrected chi connectivity index (χ4v) is 8.32. The number of rotatable bonds is 5. The fraction of sp³-hybridized carbons (Fsp3) is 0.758. The molecule has 34 heavy (non-hydrogen) atoms. The average molecular weight is 465 g/mol. The second-order valence-corrected chi connectivity index (χ2v) is 12.8. The van der Waals surface area contributed by atoms with Crippen LogP contribution in [0.15, 0.2) is 24.3 Å². The number of hydrogen-bond donors (Lipinski definition) is 0. The SMILES string of the molecule is CCC1CCC(C2CC=C(c3ccc(C4CCC(C5CCC(C)CC5)CC4)cc3F)CC2)CC1. The van der Waals surface area contributed by atoms with Crippen LogP contribution in [-0.2, 0) is 0 Å². The second kappa shape index (κ2) is 11.3. The van der Waals surface area contributed by atoms with Crippen LogP contribution in [0, 0.1) is 41.3 Å². The minimum atomic E-state index is 0.0362. The Labute approximate surface area is 209 Å². The molecular formula is C33H49F. The van der Waals surface area contributed by atoms with Gasteiger partial charge in [0.1, 0.15) is 5.82 Å². The van der Waals surface area contributed by atoms with Crippen LogP contribution < -0.4 is 0 Å². The van der Waals surface area contributed by atoms with E-state index in [1.165, 1.54) is 107 Å². The summed E-state index contributed by atoms with van der Waals surface area (Å²) in [5, 5.41) is 0. The van der Waals surface area contributed by atoms with Crippen LogP contribution in [0.4, 0.5) is 4.39 Å². The third-order valence-electron chi connectivity index (χ3n) is 10.9. The van der Waals surface area contributed by atoms with E-state index >= 15 is 4.39 Å². The van der Waals surface area contributed by atoms with Crippen LogP contribution in [0.3, 0.4) is 0 Å². The molecule has 0 bridgehead atoms. The molecule has 4 aliphatic carbocycles. The summed E-state index contributed by atoms with van der Waals surface area (Å²) in [6.07, 6.45) is 24.0. The van der Waals surface area contributed by atoms with Gasteiger partial charge in [0.15, 0.2) is 0 Å². The van der Waals surface area contributed by atoms with Crippen LogP contribution in [0.5, 0.6) is 0 Å². The summed E-state index contributed by atoms with van der Waals surface area (Å²) in [4.78, 5) is 0. The van der Waals surface area contributed by atoms with E-state index in [-0.39, 0.29) is 5.82 Å². The van der Waals surface area contributed by atoms with Gasteiger partial charge in [-0.2, -0.15) is 0 Å². The maximum atomic E-state index is 15.3. The van der Waals surface area contributed by atoms with E-state index in [1.54, 1.807) is 0 Å². The Bertz CT molecular complexity index is 813. The molecule has 1 atom stereocenters. The Hall–Kier alpha value is -1.11. The Morgan fingerprint density at radius 2 is 1.35 bits per heavy atom. The highest BCUT2D eigenvalue weighted by molar-refractivity contribution is 5.67. The molecule has 0 N–H and O–H groups in total. The van der Waals surface area contributed by atoms with Gasteiger partial charge in [-0.1, -0.05) is 64.2 Å². The van der Waals surface area contributed by atoms with Crippen molar-refractivity contribution >= 4 is 5.57 Å². The molecule has 3 saturated carbocycles. The van der Waals surface area contributed by atoms with E-state index in [1.807, 2.05) is 6.07 Å². The van der Waals surface area contributed by atoms with Crippen LogP contribution in [0.25, 0.3) is 5.57 Å². The van der Waals surface area contributed by atoms with E-state index in [9.17, 15) is 0 Å². The minimum absolute atomic E-state index is 0.0362. The Balaban J connectivity index is 1.14. The first-order valence-electron chi connectivity index (χ1n) is 15.1. The van der Waals surface area contributed by atoms with Gasteiger partial charge < -0.3 is 0 Å². The predicted molar refractivity (Wildman–Crippen MR) is 143 cm³/mol. The largest absolute Gasteiger partial charge is 0.206 e. The maximum Gasteiger partial charge on any atom is 0.130 e. The van der Waals surface area contributed by atoms with Gasteiger partial charge in [-0.25, -0.2) is 4.39 Å². The number of halogens is 1. The normalized spacial score (nSPS) is 37.3. The van der Waals surface area contributed by atoms with Crippen molar-refractivity contribution in [3.8, 4) is 0 Å². The van der Waals surface area contributed by atoms with E-state index in [0.29, 0.717) is 5.92 Å². The van der Waals surface area contributed by atoms with Crippen molar-refractivity contribution in [2.45, 2.75) is 122 Å². The van der Waals surface area contributed by atoms with Gasteiger partial charge in [0.25, 0.3) is 0 Å². The van der Waals surface area contributed by atoms with Gasteiger partial charge in [-0.15, -0.1) is 0 Å². The molecule has 0 saturated heterocycles. The summed E-state index contributed by atoms with van der Waals surface area (Å²) < 4.78 is 15.3. The average Bonchev–Trinajstić information content (AvgIpc) is 2.89. The zero-order chi connectivity index (χ0) is 23.5. The van der Waals surface area contributed by atoms with Crippen molar-refractivity contribution < 1.29 is 4.39 Å². The quantitative estimate of drug-likeness (QED) is 0.406. The molecule has 1 aromatic carbocycles. The van der Waals surface area contributed by atoms with E-state index < -0.39 is 0 Å². The first-order chi connectivity index (χ1) is 16.6. The molecule has 3 fully saturated rings. The third-order valence-corrected chi connectivity index (χ3v) is 10.9. The van der Waals surface area contributed by atoms with E-state index in [0.717, 1.165) is 47.5 Å². The first-order valence-corrected chi connectivity index (χ1v) is 15.1. The molecule has 0 amide bonds. The van der Waals surface area contributed by atoms with Crippen LogP contribution >= 0.6 is 0 Å². The Morgan fingerprint density at radius 1 is 0.735 bits per heavy atom. The second-order valence-electron chi connectivity index (χ2n) is 12.8. The standard InChI is InChI=1S/C33H49F/c1-3-24-6-10-26(11-7-24)28-16-18-30(19-17-28)32-21-20-31(22-33(32)34)29-14-12-27(13-15-29)25-8-4-23(2)5-9-25/h18,20-29H,3-17,19H2,1-2H3. The first kappa shape index (κ1) is 24.6. The highest BCUT2D eigenvalue weighted by Gasteiger charge is 2.31. The van der Waals surface area contributed by atoms with E-state index in [2.05, 4.69) is 32.1 Å². The smallest absolute Gasteiger partial charge is 0.130 e. The summed E-state index contributed by atoms with van der Waals surface area (Å²) in [5.74, 6) is 6.20. The van der Waals surface area contributed by atoms with Crippen molar-refractivity contribution in [1.29, 1.82) is 0 Å². The lowest BCUT2D eigenvalue weighted by atomic mass is 9.68. The monoisotopic (exact) mass is 464 g/mol. The third kappa shape index (κ3) is 5.65. The lowest BCUT2D eigenvalue weighted by Gasteiger charge is -2.37. The molecule has 0 spiro atoms. The summed E-state index contributed by atoms with van der Waals surface area (Å²) in [7, 11) is 0. The molecule has 0 aromatic heterocycles. The maximum absolute atomic E-state index is 15.3. The molecule has 1 aromatic rings. The highest BCUT2D eigenvalue weighted by Crippen LogP contribution is 2.45. The van der Waals surface area contributed by atoms with Crippen LogP contribution in [-0.4, -0.2) is 0 Å². The van der Waals surface area contributed by atoms with Crippen molar-refractivity contribution in [3.63, 3.8) is 0 Å². The summed E-state index contributed by atoms with van der Waals surface area (Å²) >= 11 is 0. The number of hydrogen-bond acceptors (Lipinski definition) is 0. The van der Waals surface area contributed by atoms with Gasteiger partial charge in [0.05, 0.1) is 0 Å². The molecule has 0 radical (unpaired) electrons. The van der Waals surface area contributed by atoms with Crippen molar-refractivity contribution in [1.82, 2.24) is 0 Å². The molecule has 188 valence electrons. The van der Waals surface area contributed by atoms with Crippen molar-refractivity contribution in [2.75, 3.05) is 0 Å². The number of allylic oxidation sites excluding steroid dienone is 2. The van der Waals surface area contributed by atoms with Gasteiger partial charge in [-0.3, -0.25) is 0 Å². The zero-order valence-corrected chi connectivity index (χ0v) is 22.0. The highest BCUT2D eigenvalue weighted by atomic mass is 19.1. The van der Waals surface area contributed by atoms with E-state index in [4.69, 9.17) is 0 Å². The molecule has 1 unspecified atom stereocenters. The van der Waals surface area contributed by atoms with Crippen LogP contribution in [0.1, 0.15) is 134 Å². The molecule has 5 rings (SSSR count). The van der Waals surface area contributed by atoms with Gasteiger partial charge in [0, 0.05) is 5.56 Å². The molecular weight excluding hydrogens is 415 g/mol.